The lowest BCUT2D eigenvalue weighted by atomic mass is 10.2. The first-order valence-electron chi connectivity index (χ1n) is 5.65. The molecule has 0 aliphatic rings. The summed E-state index contributed by atoms with van der Waals surface area (Å²) < 4.78 is 0.921. The molecular weight excluding hydrogens is 314 g/mol. The minimum absolute atomic E-state index is 0.705. The van der Waals surface area contributed by atoms with E-state index in [1.54, 1.807) is 0 Å². The van der Waals surface area contributed by atoms with Crippen molar-refractivity contribution in [1.29, 1.82) is 0 Å². The summed E-state index contributed by atoms with van der Waals surface area (Å²) in [5.41, 5.74) is 1.94. The van der Waals surface area contributed by atoms with Crippen molar-refractivity contribution >= 4 is 33.3 Å². The van der Waals surface area contributed by atoms with Gasteiger partial charge in [-0.2, -0.15) is 0 Å². The number of nitrogens with one attached hydrogen (secondary N) is 1. The van der Waals surface area contributed by atoms with E-state index in [-0.39, 0.29) is 0 Å². The molecule has 0 bridgehead atoms. The largest absolute Gasteiger partial charge is 0.372 e. The number of rotatable bonds is 3. The molecule has 2 rings (SSSR count). The molecule has 5 heteroatoms. The fourth-order valence-electron chi connectivity index (χ4n) is 1.62. The van der Waals surface area contributed by atoms with E-state index in [0.717, 1.165) is 28.0 Å². The van der Waals surface area contributed by atoms with Crippen LogP contribution in [0.2, 0.25) is 5.02 Å². The van der Waals surface area contributed by atoms with Crippen LogP contribution in [-0.4, -0.2) is 17.0 Å². The zero-order chi connectivity index (χ0) is 13.1. The Labute approximate surface area is 120 Å². The number of anilines is 1. The quantitative estimate of drug-likeness (QED) is 0.920. The Kier molecular flexibility index (Phi) is 4.19. The van der Waals surface area contributed by atoms with E-state index in [1.807, 2.05) is 31.3 Å². The molecule has 0 fully saturated rings. The zero-order valence-electron chi connectivity index (χ0n) is 10.2. The van der Waals surface area contributed by atoms with E-state index < -0.39 is 0 Å². The molecule has 0 spiro atoms. The molecule has 3 nitrogen and oxygen atoms in total. The highest BCUT2D eigenvalue weighted by molar-refractivity contribution is 9.10. The second-order valence-electron chi connectivity index (χ2n) is 3.77. The van der Waals surface area contributed by atoms with Crippen molar-refractivity contribution in [2.45, 2.75) is 13.3 Å². The van der Waals surface area contributed by atoms with Gasteiger partial charge < -0.3 is 5.32 Å². The SMILES string of the molecule is CCc1nc(-c2ccc(Cl)cc2)nc(NC)c1Br. The first-order chi connectivity index (χ1) is 8.65. The van der Waals surface area contributed by atoms with Crippen LogP contribution in [0.4, 0.5) is 5.82 Å². The first kappa shape index (κ1) is 13.3. The smallest absolute Gasteiger partial charge is 0.161 e. The fraction of sp³-hybridized carbons (Fsp3) is 0.231. The van der Waals surface area contributed by atoms with Gasteiger partial charge in [-0.05, 0) is 46.6 Å². The Bertz CT molecular complexity index is 530. The fourth-order valence-corrected chi connectivity index (χ4v) is 2.40. The van der Waals surface area contributed by atoms with Crippen LogP contribution in [-0.2, 0) is 6.42 Å². The molecule has 2 aromatic rings. The second-order valence-corrected chi connectivity index (χ2v) is 5.00. The van der Waals surface area contributed by atoms with Gasteiger partial charge in [-0.25, -0.2) is 9.97 Å². The molecule has 0 atom stereocenters. The van der Waals surface area contributed by atoms with E-state index in [2.05, 4.69) is 38.1 Å². The van der Waals surface area contributed by atoms with Crippen LogP contribution in [0.15, 0.2) is 28.7 Å². The lowest BCUT2D eigenvalue weighted by molar-refractivity contribution is 0.991. The molecule has 1 aromatic carbocycles. The molecule has 0 aliphatic carbocycles. The number of hydrogen-bond acceptors (Lipinski definition) is 3. The molecule has 0 saturated heterocycles. The van der Waals surface area contributed by atoms with Gasteiger partial charge in [0, 0.05) is 17.6 Å². The second kappa shape index (κ2) is 5.67. The normalized spacial score (nSPS) is 10.4. The molecule has 1 N–H and O–H groups in total. The van der Waals surface area contributed by atoms with Crippen LogP contribution >= 0.6 is 27.5 Å². The summed E-state index contributed by atoms with van der Waals surface area (Å²) in [5.74, 6) is 1.50. The van der Waals surface area contributed by atoms with Crippen LogP contribution in [0.25, 0.3) is 11.4 Å². The molecule has 94 valence electrons. The summed E-state index contributed by atoms with van der Waals surface area (Å²) >= 11 is 9.39. The molecule has 0 unspecified atom stereocenters. The summed E-state index contributed by atoms with van der Waals surface area (Å²) in [6, 6.07) is 7.52. The van der Waals surface area contributed by atoms with Gasteiger partial charge in [-0.15, -0.1) is 0 Å². The van der Waals surface area contributed by atoms with Gasteiger partial charge in [0.15, 0.2) is 5.82 Å². The number of nitrogens with zero attached hydrogens (tertiary/aromatic N) is 2. The minimum Gasteiger partial charge on any atom is -0.372 e. The molecular formula is C13H13BrClN3. The van der Waals surface area contributed by atoms with Crippen molar-refractivity contribution < 1.29 is 0 Å². The predicted molar refractivity (Wildman–Crippen MR) is 79.1 cm³/mol. The summed E-state index contributed by atoms with van der Waals surface area (Å²) in [7, 11) is 1.85. The lowest BCUT2D eigenvalue weighted by Crippen LogP contribution is -2.02. The third-order valence-corrected chi connectivity index (χ3v) is 3.68. The molecule has 1 aromatic heterocycles. The third kappa shape index (κ3) is 2.65. The van der Waals surface area contributed by atoms with Crippen molar-refractivity contribution in [3.05, 3.63) is 39.5 Å². The van der Waals surface area contributed by atoms with Crippen molar-refractivity contribution in [1.82, 2.24) is 9.97 Å². The maximum atomic E-state index is 5.88. The Morgan fingerprint density at radius 1 is 1.22 bits per heavy atom. The number of aromatic nitrogens is 2. The zero-order valence-corrected chi connectivity index (χ0v) is 12.5. The van der Waals surface area contributed by atoms with Gasteiger partial charge >= 0.3 is 0 Å². The molecule has 0 amide bonds. The van der Waals surface area contributed by atoms with E-state index >= 15 is 0 Å². The van der Waals surface area contributed by atoms with Gasteiger partial charge in [0.1, 0.15) is 5.82 Å². The third-order valence-electron chi connectivity index (χ3n) is 2.59. The van der Waals surface area contributed by atoms with Crippen LogP contribution in [0.5, 0.6) is 0 Å². The number of aryl methyl sites for hydroxylation is 1. The molecule has 0 radical (unpaired) electrons. The van der Waals surface area contributed by atoms with Crippen LogP contribution in [0.1, 0.15) is 12.6 Å². The summed E-state index contributed by atoms with van der Waals surface area (Å²) in [6.07, 6.45) is 0.846. The van der Waals surface area contributed by atoms with Crippen LogP contribution < -0.4 is 5.32 Å². The Morgan fingerprint density at radius 3 is 2.44 bits per heavy atom. The summed E-state index contributed by atoms with van der Waals surface area (Å²) in [6.45, 7) is 2.07. The lowest BCUT2D eigenvalue weighted by Gasteiger charge is -2.10. The van der Waals surface area contributed by atoms with Crippen LogP contribution in [0.3, 0.4) is 0 Å². The highest BCUT2D eigenvalue weighted by Crippen LogP contribution is 2.27. The van der Waals surface area contributed by atoms with Gasteiger partial charge in [-0.1, -0.05) is 18.5 Å². The monoisotopic (exact) mass is 325 g/mol. The molecule has 1 heterocycles. The van der Waals surface area contributed by atoms with Gasteiger partial charge in [0.05, 0.1) is 10.2 Å². The number of halogens is 2. The standard InChI is InChI=1S/C13H13BrClN3/c1-3-10-11(14)13(16-2)18-12(17-10)8-4-6-9(15)7-5-8/h4-7H,3H2,1-2H3,(H,16,17,18). The highest BCUT2D eigenvalue weighted by atomic mass is 79.9. The highest BCUT2D eigenvalue weighted by Gasteiger charge is 2.11. The molecule has 18 heavy (non-hydrogen) atoms. The van der Waals surface area contributed by atoms with Gasteiger partial charge in [0.25, 0.3) is 0 Å². The van der Waals surface area contributed by atoms with Crippen molar-refractivity contribution in [2.75, 3.05) is 12.4 Å². The van der Waals surface area contributed by atoms with Gasteiger partial charge in [0.2, 0.25) is 0 Å². The average Bonchev–Trinajstić information content (AvgIpc) is 2.40. The maximum Gasteiger partial charge on any atom is 0.161 e. The number of hydrogen-bond donors (Lipinski definition) is 1. The van der Waals surface area contributed by atoms with Gasteiger partial charge in [-0.3, -0.25) is 0 Å². The van der Waals surface area contributed by atoms with E-state index in [9.17, 15) is 0 Å². The van der Waals surface area contributed by atoms with Crippen molar-refractivity contribution in [3.8, 4) is 11.4 Å². The van der Waals surface area contributed by atoms with E-state index in [1.165, 1.54) is 0 Å². The molecule has 0 saturated carbocycles. The van der Waals surface area contributed by atoms with Crippen molar-refractivity contribution in [3.63, 3.8) is 0 Å². The van der Waals surface area contributed by atoms with E-state index in [4.69, 9.17) is 11.6 Å². The topological polar surface area (TPSA) is 37.8 Å². The Hall–Kier alpha value is -1.13. The number of benzene rings is 1. The first-order valence-corrected chi connectivity index (χ1v) is 6.83. The van der Waals surface area contributed by atoms with Crippen molar-refractivity contribution in [2.24, 2.45) is 0 Å². The summed E-state index contributed by atoms with van der Waals surface area (Å²) in [5, 5.41) is 3.78. The average molecular weight is 327 g/mol. The Balaban J connectivity index is 2.54. The predicted octanol–water partition coefficient (Wildman–Crippen LogP) is 4.16. The summed E-state index contributed by atoms with van der Waals surface area (Å²) in [4.78, 5) is 9.05. The Morgan fingerprint density at radius 2 is 1.89 bits per heavy atom. The maximum absolute atomic E-state index is 5.88. The van der Waals surface area contributed by atoms with E-state index in [0.29, 0.717) is 10.8 Å². The minimum atomic E-state index is 0.705. The molecule has 0 aliphatic heterocycles. The van der Waals surface area contributed by atoms with Crippen LogP contribution in [0, 0.1) is 0 Å².